The van der Waals surface area contributed by atoms with E-state index in [1.54, 1.807) is 19.2 Å². The Morgan fingerprint density at radius 1 is 1.22 bits per heavy atom. The van der Waals surface area contributed by atoms with Crippen molar-refractivity contribution >= 4 is 0 Å². The molecule has 0 radical (unpaired) electrons. The van der Waals surface area contributed by atoms with Gasteiger partial charge in [0.15, 0.2) is 0 Å². The molecule has 6 nitrogen and oxygen atoms in total. The summed E-state index contributed by atoms with van der Waals surface area (Å²) in [4.78, 5) is 10.8. The van der Waals surface area contributed by atoms with Crippen LogP contribution < -0.4 is 15.6 Å². The van der Waals surface area contributed by atoms with Crippen LogP contribution >= 0.6 is 0 Å². The monoisotopic (exact) mass is 371 g/mol. The van der Waals surface area contributed by atoms with Crippen molar-refractivity contribution < 1.29 is 9.13 Å². The van der Waals surface area contributed by atoms with Gasteiger partial charge in [-0.05, 0) is 49.5 Å². The van der Waals surface area contributed by atoms with E-state index < -0.39 is 0 Å². The van der Waals surface area contributed by atoms with E-state index in [2.05, 4.69) is 25.7 Å². The van der Waals surface area contributed by atoms with Crippen LogP contribution in [0.5, 0.6) is 6.01 Å². The summed E-state index contributed by atoms with van der Waals surface area (Å²) in [5, 5.41) is 0. The molecule has 0 spiro atoms. The van der Waals surface area contributed by atoms with Gasteiger partial charge in [-0.25, -0.2) is 14.4 Å². The molecule has 27 heavy (non-hydrogen) atoms. The molecule has 4 rings (SSSR count). The van der Waals surface area contributed by atoms with Crippen LogP contribution in [0.1, 0.15) is 29.9 Å². The van der Waals surface area contributed by atoms with Gasteiger partial charge < -0.3 is 4.74 Å². The number of piperidine rings is 1. The number of likely N-dealkylation sites (tertiary alicyclic amines) is 1. The van der Waals surface area contributed by atoms with Gasteiger partial charge in [-0.1, -0.05) is 12.1 Å². The molecule has 2 aliphatic heterocycles. The van der Waals surface area contributed by atoms with Crippen molar-refractivity contribution in [2.45, 2.75) is 31.3 Å². The maximum atomic E-state index is 13.6. The molecule has 2 aromatic rings. The first-order chi connectivity index (χ1) is 13.2. The Morgan fingerprint density at radius 3 is 2.70 bits per heavy atom. The summed E-state index contributed by atoms with van der Waals surface area (Å²) in [6.45, 7) is 3.80. The molecule has 3 heterocycles. The fourth-order valence-corrected chi connectivity index (χ4v) is 4.28. The zero-order valence-corrected chi connectivity index (χ0v) is 15.6. The van der Waals surface area contributed by atoms with Crippen LogP contribution in [0.15, 0.2) is 36.7 Å². The average Bonchev–Trinajstić information content (AvgIpc) is 3.19. The van der Waals surface area contributed by atoms with E-state index in [0.717, 1.165) is 50.1 Å². The zero-order valence-electron chi connectivity index (χ0n) is 15.6. The highest BCUT2D eigenvalue weighted by Gasteiger charge is 2.36. The normalized spacial score (nSPS) is 24.2. The van der Waals surface area contributed by atoms with Crippen molar-refractivity contribution in [3.8, 4) is 6.01 Å². The number of nitrogens with zero attached hydrogens (tertiary/aromatic N) is 3. The molecule has 0 saturated carbocycles. The van der Waals surface area contributed by atoms with E-state index in [0.29, 0.717) is 23.9 Å². The van der Waals surface area contributed by atoms with Crippen LogP contribution in [0.3, 0.4) is 0 Å². The second kappa shape index (κ2) is 8.29. The van der Waals surface area contributed by atoms with Crippen molar-refractivity contribution in [3.05, 3.63) is 53.6 Å². The Bertz CT molecular complexity index is 748. The van der Waals surface area contributed by atoms with Gasteiger partial charge in [-0.15, -0.1) is 0 Å². The topological polar surface area (TPSA) is 62.3 Å². The predicted octanol–water partition coefficient (Wildman–Crippen LogP) is 2.10. The highest BCUT2D eigenvalue weighted by Crippen LogP contribution is 2.32. The highest BCUT2D eigenvalue weighted by atomic mass is 19.1. The number of methoxy groups -OCH3 is 1. The fraction of sp³-hybridized carbons (Fsp3) is 0.500. The molecule has 2 fully saturated rings. The van der Waals surface area contributed by atoms with E-state index in [1.165, 1.54) is 6.07 Å². The minimum Gasteiger partial charge on any atom is -0.467 e. The Morgan fingerprint density at radius 2 is 2.00 bits per heavy atom. The van der Waals surface area contributed by atoms with Gasteiger partial charge in [0.25, 0.3) is 0 Å². The first-order valence-corrected chi connectivity index (χ1v) is 9.54. The molecule has 1 aromatic heterocycles. The van der Waals surface area contributed by atoms with Crippen LogP contribution in [0.2, 0.25) is 0 Å². The van der Waals surface area contributed by atoms with E-state index in [4.69, 9.17) is 4.74 Å². The Hall–Kier alpha value is -2.09. The Labute approximate surface area is 159 Å². The van der Waals surface area contributed by atoms with Crippen molar-refractivity contribution in [2.75, 3.05) is 26.7 Å². The predicted molar refractivity (Wildman–Crippen MR) is 101 cm³/mol. The van der Waals surface area contributed by atoms with Crippen molar-refractivity contribution in [1.29, 1.82) is 0 Å². The molecule has 1 aromatic carbocycles. The van der Waals surface area contributed by atoms with Gasteiger partial charge in [0.1, 0.15) is 5.82 Å². The van der Waals surface area contributed by atoms with Gasteiger partial charge in [0.05, 0.1) is 7.11 Å². The first-order valence-electron chi connectivity index (χ1n) is 9.54. The first kappa shape index (κ1) is 18.3. The fourth-order valence-electron chi connectivity index (χ4n) is 4.28. The third-order valence-corrected chi connectivity index (χ3v) is 5.71. The summed E-state index contributed by atoms with van der Waals surface area (Å²) in [5.41, 5.74) is 8.91. The van der Waals surface area contributed by atoms with E-state index in [-0.39, 0.29) is 5.82 Å². The molecule has 2 unspecified atom stereocenters. The number of hydrogen-bond donors (Lipinski definition) is 2. The number of hydrogen-bond acceptors (Lipinski definition) is 6. The largest absolute Gasteiger partial charge is 0.467 e. The third-order valence-electron chi connectivity index (χ3n) is 5.71. The lowest BCUT2D eigenvalue weighted by Gasteiger charge is -2.36. The quantitative estimate of drug-likeness (QED) is 0.839. The van der Waals surface area contributed by atoms with Gasteiger partial charge in [0, 0.05) is 43.0 Å². The van der Waals surface area contributed by atoms with E-state index >= 15 is 0 Å². The molecule has 2 saturated heterocycles. The summed E-state index contributed by atoms with van der Waals surface area (Å²) < 4.78 is 18.6. The molecule has 2 aliphatic rings. The smallest absolute Gasteiger partial charge is 0.316 e. The van der Waals surface area contributed by atoms with Crippen LogP contribution in [-0.2, 0) is 6.54 Å². The molecule has 0 bridgehead atoms. The minimum absolute atomic E-state index is 0.158. The second-order valence-electron chi connectivity index (χ2n) is 7.40. The molecule has 2 atom stereocenters. The summed E-state index contributed by atoms with van der Waals surface area (Å²) in [7, 11) is 1.57. The number of aromatic nitrogens is 2. The van der Waals surface area contributed by atoms with Gasteiger partial charge in [-0.2, -0.15) is 0 Å². The van der Waals surface area contributed by atoms with Crippen molar-refractivity contribution in [2.24, 2.45) is 5.92 Å². The van der Waals surface area contributed by atoms with Crippen LogP contribution in [0.25, 0.3) is 0 Å². The lowest BCUT2D eigenvalue weighted by Crippen LogP contribution is -2.44. The summed E-state index contributed by atoms with van der Waals surface area (Å²) >= 11 is 0. The maximum Gasteiger partial charge on any atom is 0.316 e. The van der Waals surface area contributed by atoms with Crippen LogP contribution in [0.4, 0.5) is 4.39 Å². The third kappa shape index (κ3) is 4.26. The summed E-state index contributed by atoms with van der Waals surface area (Å²) in [6, 6.07) is 7.77. The summed E-state index contributed by atoms with van der Waals surface area (Å²) in [6.07, 6.45) is 5.92. The standard InChI is InChI=1S/C20H26FN5O/c1-27-20-22-10-14(11-23-20)13-26-7-5-15(6-8-26)19-18(12-24-25-19)16-3-2-4-17(21)9-16/h2-4,9-11,15,18-19,24-25H,5-8,12-13H2,1H3. The Kier molecular flexibility index (Phi) is 5.61. The molecular formula is C20H26FN5O. The van der Waals surface area contributed by atoms with Crippen molar-refractivity contribution in [1.82, 2.24) is 25.7 Å². The number of hydrazine groups is 1. The molecule has 2 N–H and O–H groups in total. The lowest BCUT2D eigenvalue weighted by molar-refractivity contribution is 0.151. The second-order valence-corrected chi connectivity index (χ2v) is 7.40. The number of benzene rings is 1. The van der Waals surface area contributed by atoms with Gasteiger partial charge in [0.2, 0.25) is 0 Å². The van der Waals surface area contributed by atoms with E-state index in [9.17, 15) is 4.39 Å². The lowest BCUT2D eigenvalue weighted by atomic mass is 9.80. The van der Waals surface area contributed by atoms with Gasteiger partial charge >= 0.3 is 6.01 Å². The van der Waals surface area contributed by atoms with Crippen LogP contribution in [0, 0.1) is 11.7 Å². The maximum absolute atomic E-state index is 13.6. The summed E-state index contributed by atoms with van der Waals surface area (Å²) in [5.74, 6) is 0.735. The van der Waals surface area contributed by atoms with Gasteiger partial charge in [-0.3, -0.25) is 15.8 Å². The highest BCUT2D eigenvalue weighted by molar-refractivity contribution is 5.24. The minimum atomic E-state index is -0.158. The molecular weight excluding hydrogens is 345 g/mol. The molecule has 144 valence electrons. The number of halogens is 1. The molecule has 7 heteroatoms. The van der Waals surface area contributed by atoms with Crippen LogP contribution in [-0.4, -0.2) is 47.7 Å². The number of rotatable bonds is 5. The Balaban J connectivity index is 1.34. The number of nitrogens with one attached hydrogen (secondary N) is 2. The molecule has 0 amide bonds. The van der Waals surface area contributed by atoms with Crippen molar-refractivity contribution in [3.63, 3.8) is 0 Å². The SMILES string of the molecule is COc1ncc(CN2CCC(C3NNCC3c3cccc(F)c3)CC2)cn1. The average molecular weight is 371 g/mol. The molecule has 0 aliphatic carbocycles. The zero-order chi connectivity index (χ0) is 18.6. The van der Waals surface area contributed by atoms with E-state index in [1.807, 2.05) is 18.5 Å². The number of ether oxygens (including phenoxy) is 1.